The molecule has 0 N–H and O–H groups in total. The number of nitriles is 1. The van der Waals surface area contributed by atoms with E-state index in [4.69, 9.17) is 16.3 Å². The van der Waals surface area contributed by atoms with E-state index in [1.54, 1.807) is 43.3 Å². The Hall–Kier alpha value is -2.75. The van der Waals surface area contributed by atoms with Crippen LogP contribution in [-0.4, -0.2) is 23.7 Å². The quantitative estimate of drug-likeness (QED) is 0.415. The van der Waals surface area contributed by atoms with Crippen molar-refractivity contribution in [3.05, 3.63) is 75.8 Å². The molecular weight excluding hydrogens is 396 g/mol. The Labute approximate surface area is 172 Å². The molecule has 142 valence electrons. The van der Waals surface area contributed by atoms with Crippen LogP contribution in [0.5, 0.6) is 0 Å². The predicted octanol–water partition coefficient (Wildman–Crippen LogP) is 4.33. The van der Waals surface area contributed by atoms with Crippen molar-refractivity contribution < 1.29 is 14.3 Å². The van der Waals surface area contributed by atoms with Crippen molar-refractivity contribution in [3.8, 4) is 6.07 Å². The molecule has 0 aromatic heterocycles. The number of carbonyl (C=O) groups excluding carboxylic acids is 2. The lowest BCUT2D eigenvalue weighted by Crippen LogP contribution is -2.30. The second-order valence-electron chi connectivity index (χ2n) is 5.96. The van der Waals surface area contributed by atoms with E-state index >= 15 is 0 Å². The van der Waals surface area contributed by atoms with Gasteiger partial charge in [-0.1, -0.05) is 53.7 Å². The van der Waals surface area contributed by atoms with Gasteiger partial charge in [0.05, 0.1) is 11.9 Å². The summed E-state index contributed by atoms with van der Waals surface area (Å²) >= 11 is 7.14. The fourth-order valence-corrected chi connectivity index (χ4v) is 4.25. The maximum absolute atomic E-state index is 13.2. The lowest BCUT2D eigenvalue weighted by Gasteiger charge is -2.18. The van der Waals surface area contributed by atoms with E-state index in [9.17, 15) is 14.9 Å². The highest BCUT2D eigenvalue weighted by Crippen LogP contribution is 2.42. The van der Waals surface area contributed by atoms with Crippen molar-refractivity contribution >= 4 is 40.9 Å². The first kappa shape index (κ1) is 20.0. The van der Waals surface area contributed by atoms with Crippen molar-refractivity contribution in [1.82, 2.24) is 0 Å². The largest absolute Gasteiger partial charge is 0.462 e. The second-order valence-corrected chi connectivity index (χ2v) is 7.59. The van der Waals surface area contributed by atoms with Gasteiger partial charge in [-0.05, 0) is 43.2 Å². The second kappa shape index (κ2) is 8.96. The van der Waals surface area contributed by atoms with Gasteiger partial charge in [-0.3, -0.25) is 9.69 Å². The monoisotopic (exact) mass is 412 g/mol. The molecule has 3 rings (SSSR count). The number of para-hydroxylation sites is 1. The Balaban J connectivity index is 2.01. The van der Waals surface area contributed by atoms with Gasteiger partial charge in [0.25, 0.3) is 0 Å². The fraction of sp³-hybridized carbons (Fsp3) is 0.190. The van der Waals surface area contributed by atoms with Crippen molar-refractivity contribution in [3.63, 3.8) is 0 Å². The number of esters is 1. The summed E-state index contributed by atoms with van der Waals surface area (Å²) < 4.78 is 5.01. The van der Waals surface area contributed by atoms with Crippen LogP contribution in [0.15, 0.2) is 65.2 Å². The molecule has 5 nitrogen and oxygen atoms in total. The smallest absolute Gasteiger partial charge is 0.351 e. The predicted molar refractivity (Wildman–Crippen MR) is 110 cm³/mol. The number of anilines is 1. The third kappa shape index (κ3) is 4.22. The van der Waals surface area contributed by atoms with E-state index in [0.717, 1.165) is 5.56 Å². The van der Waals surface area contributed by atoms with Crippen LogP contribution in [0, 0.1) is 11.3 Å². The summed E-state index contributed by atoms with van der Waals surface area (Å²) in [5.74, 6) is -0.911. The molecule has 0 unspecified atom stereocenters. The lowest BCUT2D eigenvalue weighted by molar-refractivity contribution is -0.138. The van der Waals surface area contributed by atoms with E-state index in [1.807, 2.05) is 24.3 Å². The summed E-state index contributed by atoms with van der Waals surface area (Å²) in [6, 6.07) is 18.1. The molecule has 7 heteroatoms. The molecule has 1 atom stereocenters. The summed E-state index contributed by atoms with van der Waals surface area (Å²) in [6.45, 7) is 1.82. The molecule has 1 aliphatic heterocycles. The molecular formula is C21H17ClN2O3S. The first-order chi connectivity index (χ1) is 13.5. The number of amides is 1. The van der Waals surface area contributed by atoms with Crippen molar-refractivity contribution in [2.24, 2.45) is 0 Å². The van der Waals surface area contributed by atoms with Crippen LogP contribution in [0.4, 0.5) is 5.69 Å². The topological polar surface area (TPSA) is 70.4 Å². The molecule has 2 aromatic carbocycles. The number of halogens is 1. The van der Waals surface area contributed by atoms with Crippen LogP contribution in [0.2, 0.25) is 5.02 Å². The molecule has 2 aromatic rings. The third-order valence-electron chi connectivity index (χ3n) is 4.11. The highest BCUT2D eigenvalue weighted by atomic mass is 35.5. The number of rotatable bonds is 5. The molecule has 1 fully saturated rings. The van der Waals surface area contributed by atoms with Gasteiger partial charge in [-0.15, -0.1) is 0 Å². The Morgan fingerprint density at radius 2 is 1.89 bits per heavy atom. The Morgan fingerprint density at radius 3 is 2.50 bits per heavy atom. The molecule has 0 aliphatic carbocycles. The first-order valence-electron chi connectivity index (χ1n) is 8.66. The number of hydrogen-bond acceptors (Lipinski definition) is 5. The highest BCUT2D eigenvalue weighted by Gasteiger charge is 2.41. The van der Waals surface area contributed by atoms with Gasteiger partial charge in [-0.25, -0.2) is 4.79 Å². The summed E-state index contributed by atoms with van der Waals surface area (Å²) in [4.78, 5) is 26.9. The number of hydrogen-bond donors (Lipinski definition) is 0. The standard InChI is InChI=1S/C21H17ClN2O3S/c1-2-27-21(26)17(13-23)20-24(16-6-4-3-5-7-16)19(25)18(28-20)12-14-8-10-15(22)11-9-14/h3-11,18H,2,12H2,1H3/b20-17+/t18-/m0/s1. The minimum atomic E-state index is -0.728. The first-order valence-corrected chi connectivity index (χ1v) is 9.92. The third-order valence-corrected chi connectivity index (χ3v) is 5.62. The van der Waals surface area contributed by atoms with E-state index in [2.05, 4.69) is 0 Å². The molecule has 0 saturated carbocycles. The number of carbonyl (C=O) groups is 2. The van der Waals surface area contributed by atoms with Gasteiger partial charge < -0.3 is 4.74 Å². The van der Waals surface area contributed by atoms with Crippen molar-refractivity contribution in [2.45, 2.75) is 18.6 Å². The van der Waals surface area contributed by atoms with Gasteiger partial charge in [0.2, 0.25) is 5.91 Å². The molecule has 0 spiro atoms. The Morgan fingerprint density at radius 1 is 1.21 bits per heavy atom. The van der Waals surface area contributed by atoms with Crippen LogP contribution in [0.1, 0.15) is 12.5 Å². The number of ether oxygens (including phenoxy) is 1. The SMILES string of the molecule is CCOC(=O)/C(C#N)=C1/S[C@@H](Cc2ccc(Cl)cc2)C(=O)N1c1ccccc1. The summed E-state index contributed by atoms with van der Waals surface area (Å²) in [6.07, 6.45) is 0.453. The van der Waals surface area contributed by atoms with Crippen LogP contribution in [0.3, 0.4) is 0 Å². The molecule has 0 bridgehead atoms. The molecule has 1 saturated heterocycles. The average molecular weight is 413 g/mol. The number of thioether (sulfide) groups is 1. The summed E-state index contributed by atoms with van der Waals surface area (Å²) in [5.41, 5.74) is 1.38. The molecule has 1 aliphatic rings. The number of nitrogens with zero attached hydrogens (tertiary/aromatic N) is 2. The molecule has 28 heavy (non-hydrogen) atoms. The maximum atomic E-state index is 13.2. The van der Waals surface area contributed by atoms with Crippen molar-refractivity contribution in [2.75, 3.05) is 11.5 Å². The molecule has 1 amide bonds. The molecule has 0 radical (unpaired) electrons. The average Bonchev–Trinajstić information content (AvgIpc) is 3.01. The van der Waals surface area contributed by atoms with E-state index in [-0.39, 0.29) is 18.1 Å². The summed E-state index contributed by atoms with van der Waals surface area (Å²) in [7, 11) is 0. The zero-order valence-corrected chi connectivity index (χ0v) is 16.7. The van der Waals surface area contributed by atoms with Crippen LogP contribution in [0.25, 0.3) is 0 Å². The Bertz CT molecular complexity index is 952. The highest BCUT2D eigenvalue weighted by molar-refractivity contribution is 8.05. The number of benzene rings is 2. The summed E-state index contributed by atoms with van der Waals surface area (Å²) in [5, 5.41) is 10.0. The molecule has 1 heterocycles. The normalized spacial score (nSPS) is 18.0. The maximum Gasteiger partial charge on any atom is 0.351 e. The van der Waals surface area contributed by atoms with Crippen LogP contribution in [-0.2, 0) is 20.7 Å². The van der Waals surface area contributed by atoms with Crippen LogP contribution >= 0.6 is 23.4 Å². The minimum absolute atomic E-state index is 0.148. The van der Waals surface area contributed by atoms with Gasteiger partial charge in [0.1, 0.15) is 11.1 Å². The lowest BCUT2D eigenvalue weighted by atomic mass is 10.1. The van der Waals surface area contributed by atoms with E-state index < -0.39 is 11.2 Å². The van der Waals surface area contributed by atoms with E-state index in [0.29, 0.717) is 22.2 Å². The minimum Gasteiger partial charge on any atom is -0.462 e. The van der Waals surface area contributed by atoms with Gasteiger partial charge in [-0.2, -0.15) is 5.26 Å². The zero-order chi connectivity index (χ0) is 20.1. The van der Waals surface area contributed by atoms with Crippen molar-refractivity contribution in [1.29, 1.82) is 5.26 Å². The van der Waals surface area contributed by atoms with Gasteiger partial charge >= 0.3 is 5.97 Å². The zero-order valence-electron chi connectivity index (χ0n) is 15.1. The van der Waals surface area contributed by atoms with Crippen LogP contribution < -0.4 is 4.90 Å². The Kier molecular flexibility index (Phi) is 6.40. The fourth-order valence-electron chi connectivity index (χ4n) is 2.82. The van der Waals surface area contributed by atoms with Gasteiger partial charge in [0, 0.05) is 10.7 Å². The van der Waals surface area contributed by atoms with E-state index in [1.165, 1.54) is 16.7 Å². The van der Waals surface area contributed by atoms with Gasteiger partial charge in [0.15, 0.2) is 5.57 Å².